The highest BCUT2D eigenvalue weighted by Gasteiger charge is 2.09. The SMILES string of the molecule is Cc1ccc(C=NNC(=O)CSc2nnc(SCc3cccc4ccccc34)s2)s1. The Morgan fingerprint density at radius 3 is 2.67 bits per heavy atom. The van der Waals surface area contributed by atoms with Gasteiger partial charge in [-0.3, -0.25) is 4.79 Å². The van der Waals surface area contributed by atoms with Crippen LogP contribution >= 0.6 is 46.2 Å². The predicted molar refractivity (Wildman–Crippen MR) is 129 cm³/mol. The van der Waals surface area contributed by atoms with Crippen LogP contribution in [0.25, 0.3) is 10.8 Å². The second kappa shape index (κ2) is 10.2. The smallest absolute Gasteiger partial charge is 0.250 e. The van der Waals surface area contributed by atoms with Crippen LogP contribution in [0.5, 0.6) is 0 Å². The third kappa shape index (κ3) is 5.69. The van der Waals surface area contributed by atoms with Crippen molar-refractivity contribution in [3.63, 3.8) is 0 Å². The number of aryl methyl sites for hydroxylation is 1. The van der Waals surface area contributed by atoms with Crippen molar-refractivity contribution in [3.05, 3.63) is 69.9 Å². The Hall–Kier alpha value is -2.20. The molecule has 0 spiro atoms. The minimum absolute atomic E-state index is 0.162. The van der Waals surface area contributed by atoms with Gasteiger partial charge in [-0.1, -0.05) is 77.3 Å². The second-order valence-electron chi connectivity index (χ2n) is 6.29. The van der Waals surface area contributed by atoms with Crippen LogP contribution in [0.2, 0.25) is 0 Å². The zero-order chi connectivity index (χ0) is 20.8. The van der Waals surface area contributed by atoms with E-state index in [-0.39, 0.29) is 11.7 Å². The average Bonchev–Trinajstić information content (AvgIpc) is 3.39. The molecule has 9 heteroatoms. The molecule has 0 fully saturated rings. The first kappa shape index (κ1) is 21.0. The van der Waals surface area contributed by atoms with Gasteiger partial charge in [-0.05, 0) is 35.4 Å². The molecule has 0 saturated carbocycles. The third-order valence-corrected chi connectivity index (χ3v) is 8.26. The minimum atomic E-state index is -0.162. The van der Waals surface area contributed by atoms with Gasteiger partial charge < -0.3 is 0 Å². The van der Waals surface area contributed by atoms with Crippen LogP contribution in [0.4, 0.5) is 0 Å². The molecule has 0 saturated heterocycles. The number of thiophene rings is 1. The number of benzene rings is 2. The lowest BCUT2D eigenvalue weighted by atomic mass is 10.1. The zero-order valence-electron chi connectivity index (χ0n) is 16.1. The number of hydrazone groups is 1. The van der Waals surface area contributed by atoms with Crippen molar-refractivity contribution in [1.82, 2.24) is 15.6 Å². The van der Waals surface area contributed by atoms with E-state index in [0.29, 0.717) is 0 Å². The molecular formula is C21H18N4OS4. The van der Waals surface area contributed by atoms with Gasteiger partial charge in [0.15, 0.2) is 8.68 Å². The monoisotopic (exact) mass is 470 g/mol. The summed E-state index contributed by atoms with van der Waals surface area (Å²) in [6.07, 6.45) is 1.66. The summed E-state index contributed by atoms with van der Waals surface area (Å²) in [7, 11) is 0. The summed E-state index contributed by atoms with van der Waals surface area (Å²) >= 11 is 6.18. The molecule has 4 rings (SSSR count). The van der Waals surface area contributed by atoms with Gasteiger partial charge in [0.05, 0.1) is 12.0 Å². The molecule has 0 aliphatic carbocycles. The maximum Gasteiger partial charge on any atom is 0.250 e. The summed E-state index contributed by atoms with van der Waals surface area (Å²) in [5.41, 5.74) is 3.83. The second-order valence-corrected chi connectivity index (χ2v) is 11.0. The molecule has 5 nitrogen and oxygen atoms in total. The molecule has 30 heavy (non-hydrogen) atoms. The summed E-state index contributed by atoms with van der Waals surface area (Å²) < 4.78 is 1.68. The maximum atomic E-state index is 12.0. The Morgan fingerprint density at radius 2 is 1.83 bits per heavy atom. The lowest BCUT2D eigenvalue weighted by Gasteiger charge is -2.04. The van der Waals surface area contributed by atoms with Crippen LogP contribution in [0.1, 0.15) is 15.3 Å². The molecule has 2 heterocycles. The number of rotatable bonds is 8. The van der Waals surface area contributed by atoms with Crippen molar-refractivity contribution in [2.45, 2.75) is 21.4 Å². The molecule has 1 amide bonds. The topological polar surface area (TPSA) is 67.2 Å². The molecule has 0 bridgehead atoms. The maximum absolute atomic E-state index is 12.0. The number of carbonyl (C=O) groups excluding carboxylic acids is 1. The highest BCUT2D eigenvalue weighted by Crippen LogP contribution is 2.32. The van der Waals surface area contributed by atoms with Crippen LogP contribution in [0, 0.1) is 6.92 Å². The highest BCUT2D eigenvalue weighted by molar-refractivity contribution is 8.03. The van der Waals surface area contributed by atoms with Gasteiger partial charge in [-0.15, -0.1) is 21.5 Å². The van der Waals surface area contributed by atoms with Crippen LogP contribution in [-0.4, -0.2) is 28.1 Å². The van der Waals surface area contributed by atoms with Crippen molar-refractivity contribution >= 4 is 69.1 Å². The van der Waals surface area contributed by atoms with Crippen LogP contribution in [0.15, 0.2) is 68.4 Å². The van der Waals surface area contributed by atoms with E-state index in [1.165, 1.54) is 44.3 Å². The van der Waals surface area contributed by atoms with Gasteiger partial charge >= 0.3 is 0 Å². The standard InChI is InChI=1S/C21H18N4OS4/c1-14-9-10-17(29-14)11-22-23-19(26)13-28-21-25-24-20(30-21)27-12-16-7-4-6-15-5-2-3-8-18(15)16/h2-11H,12-13H2,1H3,(H,23,26). The number of thioether (sulfide) groups is 2. The van der Waals surface area contributed by atoms with Gasteiger partial charge in [0.25, 0.3) is 5.91 Å². The number of carbonyl (C=O) groups is 1. The number of hydrogen-bond acceptors (Lipinski definition) is 8. The lowest BCUT2D eigenvalue weighted by Crippen LogP contribution is -2.19. The van der Waals surface area contributed by atoms with E-state index in [0.717, 1.165) is 19.3 Å². The van der Waals surface area contributed by atoms with E-state index in [1.807, 2.05) is 19.1 Å². The van der Waals surface area contributed by atoms with E-state index >= 15 is 0 Å². The average molecular weight is 471 g/mol. The number of hydrogen-bond donors (Lipinski definition) is 1. The van der Waals surface area contributed by atoms with E-state index in [4.69, 9.17) is 0 Å². The largest absolute Gasteiger partial charge is 0.272 e. The van der Waals surface area contributed by atoms with E-state index < -0.39 is 0 Å². The molecule has 0 radical (unpaired) electrons. The Kier molecular flexibility index (Phi) is 7.16. The first-order valence-electron chi connectivity index (χ1n) is 9.11. The molecule has 1 N–H and O–H groups in total. The summed E-state index contributed by atoms with van der Waals surface area (Å²) in [5.74, 6) is 0.922. The van der Waals surface area contributed by atoms with Crippen molar-refractivity contribution in [3.8, 4) is 0 Å². The fourth-order valence-electron chi connectivity index (χ4n) is 2.72. The number of nitrogens with zero attached hydrogens (tertiary/aromatic N) is 3. The molecule has 2 aromatic heterocycles. The van der Waals surface area contributed by atoms with Gasteiger partial charge in [-0.25, -0.2) is 5.43 Å². The summed E-state index contributed by atoms with van der Waals surface area (Å²) in [5, 5.41) is 14.9. The molecule has 0 aliphatic heterocycles. The van der Waals surface area contributed by atoms with Crippen LogP contribution in [0.3, 0.4) is 0 Å². The number of aromatic nitrogens is 2. The predicted octanol–water partition coefficient (Wildman–Crippen LogP) is 5.60. The van der Waals surface area contributed by atoms with Crippen LogP contribution in [-0.2, 0) is 10.5 Å². The summed E-state index contributed by atoms with van der Waals surface area (Å²) in [4.78, 5) is 14.2. The normalized spacial score (nSPS) is 11.4. The van der Waals surface area contributed by atoms with Gasteiger partial charge in [-0.2, -0.15) is 5.10 Å². The lowest BCUT2D eigenvalue weighted by molar-refractivity contribution is -0.118. The van der Waals surface area contributed by atoms with E-state index in [9.17, 15) is 4.79 Å². The molecule has 4 aromatic rings. The van der Waals surface area contributed by atoms with Gasteiger partial charge in [0.2, 0.25) is 0 Å². The summed E-state index contributed by atoms with van der Waals surface area (Å²) in [6.45, 7) is 2.04. The summed E-state index contributed by atoms with van der Waals surface area (Å²) in [6, 6.07) is 18.7. The Labute approximate surface area is 191 Å². The molecule has 0 aliphatic rings. The van der Waals surface area contributed by atoms with Crippen molar-refractivity contribution in [2.24, 2.45) is 5.10 Å². The van der Waals surface area contributed by atoms with Gasteiger partial charge in [0.1, 0.15) is 0 Å². The number of amides is 1. The third-order valence-electron chi connectivity index (χ3n) is 4.09. The van der Waals surface area contributed by atoms with Crippen molar-refractivity contribution < 1.29 is 4.79 Å². The first-order valence-corrected chi connectivity index (χ1v) is 12.7. The highest BCUT2D eigenvalue weighted by atomic mass is 32.2. The van der Waals surface area contributed by atoms with Crippen molar-refractivity contribution in [2.75, 3.05) is 5.75 Å². The van der Waals surface area contributed by atoms with Crippen molar-refractivity contribution in [1.29, 1.82) is 0 Å². The molecule has 152 valence electrons. The quantitative estimate of drug-likeness (QED) is 0.206. The van der Waals surface area contributed by atoms with Gasteiger partial charge in [0, 0.05) is 15.5 Å². The Morgan fingerprint density at radius 1 is 1.03 bits per heavy atom. The number of fused-ring (bicyclic) bond motifs is 1. The Bertz CT molecular complexity index is 1180. The molecule has 0 atom stereocenters. The first-order chi connectivity index (χ1) is 14.7. The molecule has 0 unspecified atom stereocenters. The van der Waals surface area contributed by atoms with E-state index in [1.54, 1.807) is 29.3 Å². The minimum Gasteiger partial charge on any atom is -0.272 e. The zero-order valence-corrected chi connectivity index (χ0v) is 19.3. The Balaban J connectivity index is 1.26. The number of nitrogens with one attached hydrogen (secondary N) is 1. The fourth-order valence-corrected chi connectivity index (χ4v) is 6.29. The fraction of sp³-hybridized carbons (Fsp3) is 0.143. The molecular weight excluding hydrogens is 453 g/mol. The van der Waals surface area contributed by atoms with E-state index in [2.05, 4.69) is 63.2 Å². The van der Waals surface area contributed by atoms with Crippen LogP contribution < -0.4 is 5.43 Å². The molecule has 2 aromatic carbocycles.